The van der Waals surface area contributed by atoms with Gasteiger partial charge in [0, 0.05) is 12.3 Å². The van der Waals surface area contributed by atoms with Crippen LogP contribution in [0.5, 0.6) is 11.5 Å². The number of esters is 2. The van der Waals surface area contributed by atoms with Crippen molar-refractivity contribution in [3.63, 3.8) is 0 Å². The molecule has 1 aliphatic carbocycles. The van der Waals surface area contributed by atoms with E-state index >= 15 is 0 Å². The van der Waals surface area contributed by atoms with Crippen LogP contribution in [-0.4, -0.2) is 56.9 Å². The predicted octanol–water partition coefficient (Wildman–Crippen LogP) is 1.09. The Kier molecular flexibility index (Phi) is 6.10. The van der Waals surface area contributed by atoms with Gasteiger partial charge >= 0.3 is 11.9 Å². The summed E-state index contributed by atoms with van der Waals surface area (Å²) in [6.45, 7) is 1.38. The van der Waals surface area contributed by atoms with Crippen molar-refractivity contribution in [2.24, 2.45) is 11.8 Å². The number of ether oxygens (including phenoxy) is 4. The maximum Gasteiger partial charge on any atom is 0.316 e. The molecule has 0 radical (unpaired) electrons. The monoisotopic (exact) mass is 380 g/mol. The lowest BCUT2D eigenvalue weighted by atomic mass is 9.61. The quantitative estimate of drug-likeness (QED) is 0.597. The third-order valence-electron chi connectivity index (χ3n) is 4.97. The summed E-state index contributed by atoms with van der Waals surface area (Å²) in [6, 6.07) is 4.79. The van der Waals surface area contributed by atoms with E-state index in [-0.39, 0.29) is 6.42 Å². The first-order valence-electron chi connectivity index (χ1n) is 8.34. The van der Waals surface area contributed by atoms with Crippen LogP contribution in [0.1, 0.15) is 24.8 Å². The largest absolute Gasteiger partial charge is 0.493 e. The number of methoxy groups -OCH3 is 4. The summed E-state index contributed by atoms with van der Waals surface area (Å²) in [7, 11) is 5.27. The Labute approximate surface area is 157 Å². The molecule has 0 heterocycles. The molecule has 0 amide bonds. The van der Waals surface area contributed by atoms with E-state index < -0.39 is 41.1 Å². The highest BCUT2D eigenvalue weighted by atomic mass is 16.5. The third kappa shape index (κ3) is 3.75. The second kappa shape index (κ2) is 7.96. The summed E-state index contributed by atoms with van der Waals surface area (Å²) in [5, 5.41) is 10.8. The zero-order valence-electron chi connectivity index (χ0n) is 16.0. The van der Waals surface area contributed by atoms with E-state index in [4.69, 9.17) is 18.9 Å². The standard InChI is InChI=1S/C19H24O8/c1-19(23)9-11(20)15(17(21)26-4)14(16(19)18(22)27-5)10-6-7-12(24-2)13(8-10)25-3/h6-8,14-16,23H,9H2,1-5H3/t14-,15-,16+,19+/m1/s1. The van der Waals surface area contributed by atoms with Gasteiger partial charge in [0.05, 0.1) is 40.0 Å². The van der Waals surface area contributed by atoms with Gasteiger partial charge in [-0.05, 0) is 24.6 Å². The normalized spacial score (nSPS) is 27.6. The molecule has 0 spiro atoms. The van der Waals surface area contributed by atoms with Crippen LogP contribution < -0.4 is 9.47 Å². The van der Waals surface area contributed by atoms with Crippen LogP contribution in [0.3, 0.4) is 0 Å². The first kappa shape index (κ1) is 20.7. The average molecular weight is 380 g/mol. The molecule has 1 aromatic carbocycles. The smallest absolute Gasteiger partial charge is 0.316 e. The van der Waals surface area contributed by atoms with Crippen LogP contribution in [0.4, 0.5) is 0 Å². The Balaban J connectivity index is 2.69. The fraction of sp³-hybridized carbons (Fsp3) is 0.526. The Morgan fingerprint density at radius 2 is 1.63 bits per heavy atom. The molecule has 0 aromatic heterocycles. The van der Waals surface area contributed by atoms with E-state index in [0.29, 0.717) is 17.1 Å². The summed E-state index contributed by atoms with van der Waals surface area (Å²) in [4.78, 5) is 37.5. The first-order chi connectivity index (χ1) is 12.7. The molecule has 8 nitrogen and oxygen atoms in total. The molecule has 0 unspecified atom stereocenters. The Morgan fingerprint density at radius 1 is 1.04 bits per heavy atom. The SMILES string of the molecule is COC(=O)[C@@H]1C(=O)C[C@](C)(O)[C@H](C(=O)OC)[C@@H]1c1ccc(OC)c(OC)c1. The number of Topliss-reactive ketones (excluding diaryl/α,β-unsaturated/α-hetero) is 1. The lowest BCUT2D eigenvalue weighted by Gasteiger charge is -2.43. The second-order valence-electron chi connectivity index (χ2n) is 6.64. The van der Waals surface area contributed by atoms with Crippen molar-refractivity contribution in [2.75, 3.05) is 28.4 Å². The van der Waals surface area contributed by atoms with Gasteiger partial charge in [0.1, 0.15) is 5.92 Å². The molecular formula is C19H24O8. The van der Waals surface area contributed by atoms with Gasteiger partial charge in [-0.3, -0.25) is 14.4 Å². The third-order valence-corrected chi connectivity index (χ3v) is 4.97. The summed E-state index contributed by atoms with van der Waals surface area (Å²) in [5.41, 5.74) is -1.24. The molecule has 148 valence electrons. The number of carbonyl (C=O) groups is 3. The van der Waals surface area contributed by atoms with Gasteiger partial charge in [0.15, 0.2) is 17.3 Å². The van der Waals surface area contributed by atoms with Crippen LogP contribution in [0.15, 0.2) is 18.2 Å². The summed E-state index contributed by atoms with van der Waals surface area (Å²) < 4.78 is 20.1. The highest BCUT2D eigenvalue weighted by Gasteiger charge is 2.57. The van der Waals surface area contributed by atoms with Crippen LogP contribution in [0.25, 0.3) is 0 Å². The molecule has 0 aliphatic heterocycles. The van der Waals surface area contributed by atoms with E-state index in [1.54, 1.807) is 18.2 Å². The van der Waals surface area contributed by atoms with E-state index in [1.807, 2.05) is 0 Å². The average Bonchev–Trinajstić information content (AvgIpc) is 2.64. The highest BCUT2D eigenvalue weighted by molar-refractivity contribution is 6.02. The van der Waals surface area contributed by atoms with Crippen molar-refractivity contribution in [2.45, 2.75) is 24.9 Å². The van der Waals surface area contributed by atoms with Gasteiger partial charge < -0.3 is 24.1 Å². The van der Waals surface area contributed by atoms with Gasteiger partial charge in [-0.25, -0.2) is 0 Å². The predicted molar refractivity (Wildman–Crippen MR) is 93.5 cm³/mol. The Hall–Kier alpha value is -2.61. The van der Waals surface area contributed by atoms with Gasteiger partial charge in [-0.1, -0.05) is 6.07 Å². The van der Waals surface area contributed by atoms with Gasteiger partial charge in [-0.2, -0.15) is 0 Å². The van der Waals surface area contributed by atoms with Crippen LogP contribution in [0.2, 0.25) is 0 Å². The van der Waals surface area contributed by atoms with Gasteiger partial charge in [0.25, 0.3) is 0 Å². The van der Waals surface area contributed by atoms with E-state index in [0.717, 1.165) is 0 Å². The van der Waals surface area contributed by atoms with Crippen LogP contribution >= 0.6 is 0 Å². The summed E-state index contributed by atoms with van der Waals surface area (Å²) >= 11 is 0. The topological polar surface area (TPSA) is 108 Å². The molecule has 8 heteroatoms. The Bertz CT molecular complexity index is 739. The van der Waals surface area contributed by atoms with Crippen LogP contribution in [0, 0.1) is 11.8 Å². The maximum atomic E-state index is 12.7. The molecule has 1 N–H and O–H groups in total. The zero-order chi connectivity index (χ0) is 20.4. The van der Waals surface area contributed by atoms with Crippen molar-refractivity contribution >= 4 is 17.7 Å². The molecule has 1 aliphatic rings. The van der Waals surface area contributed by atoms with Gasteiger partial charge in [0.2, 0.25) is 0 Å². The maximum absolute atomic E-state index is 12.7. The fourth-order valence-electron chi connectivity index (χ4n) is 3.73. The minimum absolute atomic E-state index is 0.361. The Morgan fingerprint density at radius 3 is 2.15 bits per heavy atom. The molecule has 0 bridgehead atoms. The number of benzene rings is 1. The number of carbonyl (C=O) groups excluding carboxylic acids is 3. The lowest BCUT2D eigenvalue weighted by Crippen LogP contribution is -2.55. The van der Waals surface area contributed by atoms with Crippen molar-refractivity contribution in [3.05, 3.63) is 23.8 Å². The first-order valence-corrected chi connectivity index (χ1v) is 8.34. The molecule has 0 saturated heterocycles. The minimum Gasteiger partial charge on any atom is -0.493 e. The van der Waals surface area contributed by atoms with E-state index in [2.05, 4.69) is 0 Å². The molecule has 1 aromatic rings. The van der Waals surface area contributed by atoms with Crippen molar-refractivity contribution < 1.29 is 38.4 Å². The number of ketones is 1. The summed E-state index contributed by atoms with van der Waals surface area (Å²) in [5.74, 6) is -4.59. The molecule has 2 rings (SSSR count). The van der Waals surface area contributed by atoms with E-state index in [9.17, 15) is 19.5 Å². The number of rotatable bonds is 5. The van der Waals surface area contributed by atoms with Crippen molar-refractivity contribution in [1.29, 1.82) is 0 Å². The fourth-order valence-corrected chi connectivity index (χ4v) is 3.73. The molecule has 1 saturated carbocycles. The zero-order valence-corrected chi connectivity index (χ0v) is 16.0. The molecule has 4 atom stereocenters. The molecule has 27 heavy (non-hydrogen) atoms. The molecule has 1 fully saturated rings. The lowest BCUT2D eigenvalue weighted by molar-refractivity contribution is -0.170. The van der Waals surface area contributed by atoms with Crippen molar-refractivity contribution in [1.82, 2.24) is 0 Å². The number of hydrogen-bond donors (Lipinski definition) is 1. The van der Waals surface area contributed by atoms with E-state index in [1.165, 1.54) is 35.4 Å². The van der Waals surface area contributed by atoms with Crippen molar-refractivity contribution in [3.8, 4) is 11.5 Å². The molecular weight excluding hydrogens is 356 g/mol. The van der Waals surface area contributed by atoms with Gasteiger partial charge in [-0.15, -0.1) is 0 Å². The minimum atomic E-state index is -1.69. The number of hydrogen-bond acceptors (Lipinski definition) is 8. The highest BCUT2D eigenvalue weighted by Crippen LogP contribution is 2.47. The number of aliphatic hydroxyl groups is 1. The second-order valence-corrected chi connectivity index (χ2v) is 6.64. The summed E-state index contributed by atoms with van der Waals surface area (Å²) in [6.07, 6.45) is -0.365. The van der Waals surface area contributed by atoms with Crippen LogP contribution in [-0.2, 0) is 23.9 Å².